The van der Waals surface area contributed by atoms with Crippen LogP contribution in [0.2, 0.25) is 0 Å². The van der Waals surface area contributed by atoms with E-state index in [0.29, 0.717) is 10.8 Å². The van der Waals surface area contributed by atoms with Crippen molar-refractivity contribution in [1.82, 2.24) is 0 Å². The number of hydrogen-bond donors (Lipinski definition) is 1. The monoisotopic (exact) mass is 446 g/mol. The SMILES string of the molecule is C/C(=C\CCC(C)C1CCC2C3CC=C4C[C@H](O)CC[C@@]4(C)C3CC[C@@]12C)c1ccccc1. The summed E-state index contributed by atoms with van der Waals surface area (Å²) in [7, 11) is 0. The van der Waals surface area contributed by atoms with Crippen LogP contribution in [0.1, 0.15) is 97.5 Å². The first-order chi connectivity index (χ1) is 15.8. The maximum atomic E-state index is 10.3. The van der Waals surface area contributed by atoms with Crippen molar-refractivity contribution in [2.75, 3.05) is 0 Å². The van der Waals surface area contributed by atoms with Gasteiger partial charge in [-0.05, 0) is 123 Å². The van der Waals surface area contributed by atoms with E-state index in [2.05, 4.69) is 70.2 Å². The van der Waals surface area contributed by atoms with Crippen LogP contribution >= 0.6 is 0 Å². The van der Waals surface area contributed by atoms with Gasteiger partial charge in [0.15, 0.2) is 0 Å². The molecular formula is C32H46O. The Hall–Kier alpha value is -1.34. The highest BCUT2D eigenvalue weighted by Crippen LogP contribution is 2.67. The first-order valence-corrected chi connectivity index (χ1v) is 13.9. The number of rotatable bonds is 5. The molecule has 0 radical (unpaired) electrons. The second-order valence-corrected chi connectivity index (χ2v) is 12.7. The second-order valence-electron chi connectivity index (χ2n) is 12.7. The molecular weight excluding hydrogens is 400 g/mol. The maximum absolute atomic E-state index is 10.3. The van der Waals surface area contributed by atoms with E-state index in [1.807, 2.05) is 0 Å². The molecule has 33 heavy (non-hydrogen) atoms. The Morgan fingerprint density at radius 2 is 1.85 bits per heavy atom. The molecule has 0 bridgehead atoms. The third-order valence-corrected chi connectivity index (χ3v) is 11.1. The zero-order valence-corrected chi connectivity index (χ0v) is 21.5. The summed E-state index contributed by atoms with van der Waals surface area (Å²) in [5.41, 5.74) is 5.30. The first-order valence-electron chi connectivity index (χ1n) is 13.9. The number of aliphatic hydroxyl groups excluding tert-OH is 1. The molecule has 1 heteroatoms. The summed E-state index contributed by atoms with van der Waals surface area (Å²) in [6.45, 7) is 10.1. The van der Waals surface area contributed by atoms with Crippen molar-refractivity contribution in [3.05, 3.63) is 53.6 Å². The molecule has 1 nitrogen and oxygen atoms in total. The van der Waals surface area contributed by atoms with Crippen molar-refractivity contribution in [3.63, 3.8) is 0 Å². The summed E-state index contributed by atoms with van der Waals surface area (Å²) in [6, 6.07) is 10.8. The second kappa shape index (κ2) is 9.03. The Kier molecular flexibility index (Phi) is 6.40. The summed E-state index contributed by atoms with van der Waals surface area (Å²) < 4.78 is 0. The van der Waals surface area contributed by atoms with Crippen LogP contribution < -0.4 is 0 Å². The fourth-order valence-electron chi connectivity index (χ4n) is 9.20. The van der Waals surface area contributed by atoms with Crippen molar-refractivity contribution < 1.29 is 5.11 Å². The zero-order valence-electron chi connectivity index (χ0n) is 21.5. The Morgan fingerprint density at radius 1 is 1.06 bits per heavy atom. The summed E-state index contributed by atoms with van der Waals surface area (Å²) >= 11 is 0. The largest absolute Gasteiger partial charge is 0.393 e. The smallest absolute Gasteiger partial charge is 0.0577 e. The van der Waals surface area contributed by atoms with Crippen molar-refractivity contribution in [3.8, 4) is 0 Å². The number of allylic oxidation sites excluding steroid dienone is 3. The molecule has 1 aromatic rings. The van der Waals surface area contributed by atoms with E-state index in [9.17, 15) is 5.11 Å². The molecule has 0 heterocycles. The highest BCUT2D eigenvalue weighted by atomic mass is 16.3. The number of fused-ring (bicyclic) bond motifs is 5. The predicted molar refractivity (Wildman–Crippen MR) is 140 cm³/mol. The third-order valence-electron chi connectivity index (χ3n) is 11.1. The van der Waals surface area contributed by atoms with Crippen molar-refractivity contribution in [2.45, 2.75) is 98.0 Å². The lowest BCUT2D eigenvalue weighted by Crippen LogP contribution is -2.50. The lowest BCUT2D eigenvalue weighted by atomic mass is 9.47. The van der Waals surface area contributed by atoms with Gasteiger partial charge in [0.1, 0.15) is 0 Å². The standard InChI is InChI=1S/C32H46O/c1-22(24-11-6-5-7-12-24)9-8-10-23(2)28-15-16-29-27-14-13-25-21-26(33)17-19-31(25,3)30(27)18-20-32(28,29)4/h5-7,9,11-13,23,26-30,33H,8,10,14-21H2,1-4H3/b22-9+/t23?,26-,27?,28?,29?,30?,31-,32+/m1/s1. The van der Waals surface area contributed by atoms with Crippen LogP contribution in [0.15, 0.2) is 48.1 Å². The molecule has 3 saturated carbocycles. The Morgan fingerprint density at radius 3 is 2.64 bits per heavy atom. The van der Waals surface area contributed by atoms with Gasteiger partial charge in [-0.1, -0.05) is 68.8 Å². The molecule has 1 aromatic carbocycles. The van der Waals surface area contributed by atoms with Crippen molar-refractivity contribution >= 4 is 5.57 Å². The van der Waals surface area contributed by atoms with Crippen LogP contribution in [0.4, 0.5) is 0 Å². The number of aliphatic hydroxyl groups is 1. The van der Waals surface area contributed by atoms with Crippen molar-refractivity contribution in [1.29, 1.82) is 0 Å². The summed E-state index contributed by atoms with van der Waals surface area (Å²) in [6.07, 6.45) is 17.7. The normalized spacial score (nSPS) is 41.5. The van der Waals surface area contributed by atoms with E-state index in [0.717, 1.165) is 42.4 Å². The topological polar surface area (TPSA) is 20.2 Å². The molecule has 4 aliphatic rings. The quantitative estimate of drug-likeness (QED) is 0.450. The molecule has 5 unspecified atom stereocenters. The van der Waals surface area contributed by atoms with E-state index in [-0.39, 0.29) is 6.10 Å². The van der Waals surface area contributed by atoms with Gasteiger partial charge in [-0.2, -0.15) is 0 Å². The minimum absolute atomic E-state index is 0.0916. The van der Waals surface area contributed by atoms with Gasteiger partial charge in [0.05, 0.1) is 6.10 Å². The predicted octanol–water partition coefficient (Wildman–Crippen LogP) is 8.45. The lowest BCUT2D eigenvalue weighted by molar-refractivity contribution is -0.0570. The van der Waals surface area contributed by atoms with Crippen LogP contribution in [-0.4, -0.2) is 11.2 Å². The molecule has 0 aromatic heterocycles. The van der Waals surface area contributed by atoms with E-state index in [1.54, 1.807) is 5.57 Å². The average molecular weight is 447 g/mol. The van der Waals surface area contributed by atoms with E-state index >= 15 is 0 Å². The van der Waals surface area contributed by atoms with Crippen LogP contribution in [0.3, 0.4) is 0 Å². The molecule has 0 saturated heterocycles. The molecule has 0 spiro atoms. The fourth-order valence-corrected chi connectivity index (χ4v) is 9.20. The van der Waals surface area contributed by atoms with Gasteiger partial charge >= 0.3 is 0 Å². The molecule has 0 amide bonds. The summed E-state index contributed by atoms with van der Waals surface area (Å²) in [5, 5.41) is 10.3. The van der Waals surface area contributed by atoms with Gasteiger partial charge in [0, 0.05) is 0 Å². The minimum atomic E-state index is -0.0916. The van der Waals surface area contributed by atoms with Gasteiger partial charge in [0.25, 0.3) is 0 Å². The molecule has 3 fully saturated rings. The molecule has 180 valence electrons. The molecule has 0 aliphatic heterocycles. The van der Waals surface area contributed by atoms with Crippen LogP contribution in [-0.2, 0) is 0 Å². The lowest BCUT2D eigenvalue weighted by Gasteiger charge is -2.58. The minimum Gasteiger partial charge on any atom is -0.393 e. The van der Waals surface area contributed by atoms with Crippen molar-refractivity contribution in [2.24, 2.45) is 40.4 Å². The van der Waals surface area contributed by atoms with E-state index < -0.39 is 0 Å². The van der Waals surface area contributed by atoms with Gasteiger partial charge < -0.3 is 5.11 Å². The van der Waals surface area contributed by atoms with Crippen LogP contribution in [0, 0.1) is 40.4 Å². The number of hydrogen-bond acceptors (Lipinski definition) is 1. The Bertz CT molecular complexity index is 896. The first kappa shape index (κ1) is 23.4. The fraction of sp³-hybridized carbons (Fsp3) is 0.688. The highest BCUT2D eigenvalue weighted by molar-refractivity contribution is 5.63. The van der Waals surface area contributed by atoms with Crippen LogP contribution in [0.5, 0.6) is 0 Å². The third kappa shape index (κ3) is 4.07. The number of benzene rings is 1. The summed E-state index contributed by atoms with van der Waals surface area (Å²) in [5.74, 6) is 4.34. The summed E-state index contributed by atoms with van der Waals surface area (Å²) in [4.78, 5) is 0. The Labute approximate surface area is 202 Å². The molecule has 8 atom stereocenters. The average Bonchev–Trinajstić information content (AvgIpc) is 3.17. The molecule has 5 rings (SSSR count). The molecule has 1 N–H and O–H groups in total. The van der Waals surface area contributed by atoms with Gasteiger partial charge in [-0.15, -0.1) is 0 Å². The maximum Gasteiger partial charge on any atom is 0.0577 e. The molecule has 4 aliphatic carbocycles. The Balaban J connectivity index is 1.26. The van der Waals surface area contributed by atoms with Crippen LogP contribution in [0.25, 0.3) is 5.57 Å². The zero-order chi connectivity index (χ0) is 23.2. The van der Waals surface area contributed by atoms with E-state index in [4.69, 9.17) is 0 Å². The highest BCUT2D eigenvalue weighted by Gasteiger charge is 2.59. The van der Waals surface area contributed by atoms with E-state index in [1.165, 1.54) is 62.5 Å². The van der Waals surface area contributed by atoms with Gasteiger partial charge in [-0.3, -0.25) is 0 Å². The van der Waals surface area contributed by atoms with Gasteiger partial charge in [-0.25, -0.2) is 0 Å². The van der Waals surface area contributed by atoms with Gasteiger partial charge in [0.2, 0.25) is 0 Å².